The van der Waals surface area contributed by atoms with Gasteiger partial charge < -0.3 is 0 Å². The van der Waals surface area contributed by atoms with E-state index in [-0.39, 0.29) is 11.8 Å². The highest BCUT2D eigenvalue weighted by atomic mass is 32.2. The second-order valence-corrected chi connectivity index (χ2v) is 8.07. The second kappa shape index (κ2) is 7.58. The van der Waals surface area contributed by atoms with E-state index >= 15 is 0 Å². The third-order valence-corrected chi connectivity index (χ3v) is 5.73. The Bertz CT molecular complexity index is 1130. The van der Waals surface area contributed by atoms with Crippen LogP contribution in [0.25, 0.3) is 16.8 Å². The molecule has 0 bridgehead atoms. The Labute approximate surface area is 172 Å². The van der Waals surface area contributed by atoms with E-state index in [4.69, 9.17) is 12.2 Å². The van der Waals surface area contributed by atoms with E-state index < -0.39 is 0 Å². The molecule has 3 aromatic rings. The van der Waals surface area contributed by atoms with Gasteiger partial charge in [-0.3, -0.25) is 15.0 Å². The molecule has 0 aromatic heterocycles. The SMILES string of the molecule is Cc1ccc(C(=O)NN2C(=O)/C(=C/c3cccc4ccccc34)SC2=S)cc1. The number of hydrogen-bond donors (Lipinski definition) is 1. The van der Waals surface area contributed by atoms with Crippen LogP contribution in [0.3, 0.4) is 0 Å². The minimum Gasteiger partial charge on any atom is -0.267 e. The molecule has 2 amide bonds. The van der Waals surface area contributed by atoms with Crippen LogP contribution in [0.5, 0.6) is 0 Å². The molecule has 0 aliphatic carbocycles. The standard InChI is InChI=1S/C22H16N2O2S2/c1-14-9-11-16(12-10-14)20(25)23-24-21(26)19(28-22(24)27)13-17-7-4-6-15-5-2-3-8-18(15)17/h2-13H,1H3,(H,23,25)/b19-13-. The first-order valence-corrected chi connectivity index (χ1v) is 9.89. The number of aryl methyl sites for hydroxylation is 1. The quantitative estimate of drug-likeness (QED) is 0.508. The summed E-state index contributed by atoms with van der Waals surface area (Å²) >= 11 is 6.49. The van der Waals surface area contributed by atoms with Crippen molar-refractivity contribution in [2.45, 2.75) is 6.92 Å². The molecule has 1 saturated heterocycles. The largest absolute Gasteiger partial charge is 0.285 e. The molecule has 1 heterocycles. The molecule has 138 valence electrons. The predicted molar refractivity (Wildman–Crippen MR) is 118 cm³/mol. The normalized spacial score (nSPS) is 15.5. The van der Waals surface area contributed by atoms with Gasteiger partial charge in [0.2, 0.25) is 0 Å². The minimum atomic E-state index is -0.372. The molecule has 0 saturated carbocycles. The van der Waals surface area contributed by atoms with Crippen LogP contribution in [-0.4, -0.2) is 21.1 Å². The number of carbonyl (C=O) groups is 2. The highest BCUT2D eigenvalue weighted by molar-refractivity contribution is 8.26. The van der Waals surface area contributed by atoms with E-state index in [1.807, 2.05) is 67.6 Å². The summed E-state index contributed by atoms with van der Waals surface area (Å²) in [7, 11) is 0. The third-order valence-electron chi connectivity index (χ3n) is 4.43. The van der Waals surface area contributed by atoms with Crippen LogP contribution >= 0.6 is 24.0 Å². The molecule has 4 nitrogen and oxygen atoms in total. The van der Waals surface area contributed by atoms with Crippen molar-refractivity contribution in [3.8, 4) is 0 Å². The Kier molecular flexibility index (Phi) is 4.98. The number of rotatable bonds is 3. The fraction of sp³-hybridized carbons (Fsp3) is 0.0455. The van der Waals surface area contributed by atoms with Crippen molar-refractivity contribution in [2.24, 2.45) is 0 Å². The monoisotopic (exact) mass is 404 g/mol. The lowest BCUT2D eigenvalue weighted by Crippen LogP contribution is -2.44. The van der Waals surface area contributed by atoms with Gasteiger partial charge in [0, 0.05) is 5.56 Å². The number of thiocarbonyl (C=S) groups is 1. The van der Waals surface area contributed by atoms with Gasteiger partial charge in [-0.2, -0.15) is 5.01 Å². The molecule has 0 radical (unpaired) electrons. The first-order valence-electron chi connectivity index (χ1n) is 8.66. The molecule has 28 heavy (non-hydrogen) atoms. The molecule has 0 atom stereocenters. The number of nitrogens with zero attached hydrogens (tertiary/aromatic N) is 1. The summed E-state index contributed by atoms with van der Waals surface area (Å²) < 4.78 is 0.303. The lowest BCUT2D eigenvalue weighted by molar-refractivity contribution is -0.123. The number of hydrazine groups is 1. The van der Waals surface area contributed by atoms with Gasteiger partial charge in [0.1, 0.15) is 0 Å². The summed E-state index contributed by atoms with van der Waals surface area (Å²) in [5.41, 5.74) is 5.07. The van der Waals surface area contributed by atoms with Crippen molar-refractivity contribution in [1.29, 1.82) is 0 Å². The van der Waals surface area contributed by atoms with Gasteiger partial charge >= 0.3 is 0 Å². The van der Waals surface area contributed by atoms with Gasteiger partial charge in [0.15, 0.2) is 4.32 Å². The molecule has 4 rings (SSSR count). The Morgan fingerprint density at radius 1 is 1.04 bits per heavy atom. The van der Waals surface area contributed by atoms with Crippen molar-refractivity contribution in [3.63, 3.8) is 0 Å². The van der Waals surface area contributed by atoms with Crippen molar-refractivity contribution in [3.05, 3.63) is 88.3 Å². The van der Waals surface area contributed by atoms with Crippen molar-refractivity contribution < 1.29 is 9.59 Å². The zero-order valence-corrected chi connectivity index (χ0v) is 16.6. The van der Waals surface area contributed by atoms with E-state index in [9.17, 15) is 9.59 Å². The lowest BCUT2D eigenvalue weighted by Gasteiger charge is -2.15. The third kappa shape index (κ3) is 3.56. The van der Waals surface area contributed by atoms with Gasteiger partial charge in [-0.1, -0.05) is 71.9 Å². The van der Waals surface area contributed by atoms with Gasteiger partial charge in [-0.25, -0.2) is 0 Å². The number of hydrogen-bond acceptors (Lipinski definition) is 4. The fourth-order valence-electron chi connectivity index (χ4n) is 2.95. The molecule has 1 N–H and O–H groups in total. The highest BCUT2D eigenvalue weighted by Gasteiger charge is 2.33. The zero-order chi connectivity index (χ0) is 19.7. The maximum Gasteiger partial charge on any atom is 0.285 e. The van der Waals surface area contributed by atoms with Crippen LogP contribution in [0, 0.1) is 6.92 Å². The fourth-order valence-corrected chi connectivity index (χ4v) is 4.12. The smallest absolute Gasteiger partial charge is 0.267 e. The molecular formula is C22H16N2O2S2. The van der Waals surface area contributed by atoms with Crippen LogP contribution < -0.4 is 5.43 Å². The van der Waals surface area contributed by atoms with Crippen LogP contribution in [-0.2, 0) is 4.79 Å². The maximum atomic E-state index is 12.8. The van der Waals surface area contributed by atoms with Crippen molar-refractivity contribution in [1.82, 2.24) is 10.4 Å². The van der Waals surface area contributed by atoms with Gasteiger partial charge in [0.05, 0.1) is 4.91 Å². The van der Waals surface area contributed by atoms with Gasteiger partial charge in [-0.15, -0.1) is 0 Å². The number of benzene rings is 3. The van der Waals surface area contributed by atoms with E-state index in [2.05, 4.69) is 5.43 Å². The van der Waals surface area contributed by atoms with E-state index in [1.54, 1.807) is 12.1 Å². The average Bonchev–Trinajstić information content (AvgIpc) is 2.96. The number of carbonyl (C=O) groups excluding carboxylic acids is 2. The van der Waals surface area contributed by atoms with Crippen LogP contribution in [0.2, 0.25) is 0 Å². The zero-order valence-electron chi connectivity index (χ0n) is 15.0. The van der Waals surface area contributed by atoms with Gasteiger partial charge in [0.25, 0.3) is 11.8 Å². The van der Waals surface area contributed by atoms with Crippen molar-refractivity contribution >= 4 is 57.0 Å². The number of fused-ring (bicyclic) bond motifs is 1. The summed E-state index contributed by atoms with van der Waals surface area (Å²) in [5.74, 6) is -0.703. The van der Waals surface area contributed by atoms with Crippen LogP contribution in [0.4, 0.5) is 0 Å². The van der Waals surface area contributed by atoms with Crippen LogP contribution in [0.1, 0.15) is 21.5 Å². The number of nitrogens with one attached hydrogen (secondary N) is 1. The Hall–Kier alpha value is -2.96. The number of thioether (sulfide) groups is 1. The summed E-state index contributed by atoms with van der Waals surface area (Å²) in [5, 5.41) is 3.29. The minimum absolute atomic E-state index is 0.303. The Morgan fingerprint density at radius 2 is 1.75 bits per heavy atom. The molecule has 3 aromatic carbocycles. The summed E-state index contributed by atoms with van der Waals surface area (Å²) in [6.07, 6.45) is 1.82. The summed E-state index contributed by atoms with van der Waals surface area (Å²) in [6, 6.07) is 21.1. The first-order chi connectivity index (χ1) is 13.5. The molecule has 1 fully saturated rings. The second-order valence-electron chi connectivity index (χ2n) is 6.39. The lowest BCUT2D eigenvalue weighted by atomic mass is 10.0. The molecule has 1 aliphatic heterocycles. The van der Waals surface area contributed by atoms with Gasteiger partial charge in [-0.05, 0) is 53.7 Å². The molecular weight excluding hydrogens is 388 g/mol. The topological polar surface area (TPSA) is 49.4 Å². The van der Waals surface area contributed by atoms with E-state index in [0.29, 0.717) is 14.8 Å². The molecule has 0 unspecified atom stereocenters. The maximum absolute atomic E-state index is 12.8. The summed E-state index contributed by atoms with van der Waals surface area (Å²) in [4.78, 5) is 25.7. The summed E-state index contributed by atoms with van der Waals surface area (Å²) in [6.45, 7) is 1.95. The van der Waals surface area contributed by atoms with Crippen LogP contribution in [0.15, 0.2) is 71.6 Å². The Morgan fingerprint density at radius 3 is 2.54 bits per heavy atom. The molecule has 6 heteroatoms. The highest BCUT2D eigenvalue weighted by Crippen LogP contribution is 2.33. The Balaban J connectivity index is 1.59. The number of amides is 2. The average molecular weight is 405 g/mol. The van der Waals surface area contributed by atoms with E-state index in [1.165, 1.54) is 11.8 Å². The first kappa shape index (κ1) is 18.4. The van der Waals surface area contributed by atoms with Crippen molar-refractivity contribution in [2.75, 3.05) is 0 Å². The molecule has 0 spiro atoms. The van der Waals surface area contributed by atoms with E-state index in [0.717, 1.165) is 26.9 Å². The predicted octanol–water partition coefficient (Wildman–Crippen LogP) is 4.69. The molecule has 1 aliphatic rings.